The molecule has 0 amide bonds. The Labute approximate surface area is 121 Å². The summed E-state index contributed by atoms with van der Waals surface area (Å²) in [5.74, 6) is -0.952. The van der Waals surface area contributed by atoms with Crippen molar-refractivity contribution in [3.05, 3.63) is 35.8 Å². The lowest BCUT2D eigenvalue weighted by Gasteiger charge is -2.05. The second-order valence-corrected chi connectivity index (χ2v) is 5.02. The van der Waals surface area contributed by atoms with Crippen LogP contribution in [0.1, 0.15) is 23.1 Å². The maximum atomic E-state index is 11.2. The molecule has 0 unspecified atom stereocenters. The molecule has 0 saturated carbocycles. The van der Waals surface area contributed by atoms with Gasteiger partial charge in [-0.2, -0.15) is 5.10 Å². The summed E-state index contributed by atoms with van der Waals surface area (Å²) in [6, 6.07) is 5.61. The smallest absolute Gasteiger partial charge is 0.352 e. The molecule has 3 aromatic heterocycles. The number of aromatic carboxylic acids is 1. The Morgan fingerprint density at radius 3 is 2.76 bits per heavy atom. The molecule has 0 spiro atoms. The van der Waals surface area contributed by atoms with Gasteiger partial charge in [-0.05, 0) is 32.0 Å². The predicted octanol–water partition coefficient (Wildman–Crippen LogP) is 2.46. The van der Waals surface area contributed by atoms with Gasteiger partial charge in [-0.25, -0.2) is 9.78 Å². The third kappa shape index (κ3) is 2.08. The number of carboxylic acid groups (broad SMARTS) is 1. The SMILES string of the molecule is CCn1nc(C)cc1-c1cnc2c(c1)cc(C(=O)O)n2C. The minimum Gasteiger partial charge on any atom is -0.477 e. The molecule has 0 atom stereocenters. The van der Waals surface area contributed by atoms with E-state index in [1.807, 2.05) is 30.7 Å². The highest BCUT2D eigenvalue weighted by Gasteiger charge is 2.14. The number of carbonyl (C=O) groups is 1. The second kappa shape index (κ2) is 4.73. The molecule has 108 valence electrons. The fraction of sp³-hybridized carbons (Fsp3) is 0.267. The molecule has 0 radical (unpaired) electrons. The number of hydrogen-bond donors (Lipinski definition) is 1. The van der Waals surface area contributed by atoms with Gasteiger partial charge >= 0.3 is 5.97 Å². The first-order valence-corrected chi connectivity index (χ1v) is 6.75. The molecule has 3 aromatic rings. The quantitative estimate of drug-likeness (QED) is 0.802. The maximum absolute atomic E-state index is 11.2. The van der Waals surface area contributed by atoms with Crippen LogP contribution in [0.25, 0.3) is 22.3 Å². The lowest BCUT2D eigenvalue weighted by Crippen LogP contribution is -2.04. The largest absolute Gasteiger partial charge is 0.477 e. The Morgan fingerprint density at radius 2 is 2.10 bits per heavy atom. The van der Waals surface area contributed by atoms with Crippen molar-refractivity contribution >= 4 is 17.0 Å². The van der Waals surface area contributed by atoms with E-state index in [4.69, 9.17) is 0 Å². The van der Waals surface area contributed by atoms with Crippen LogP contribution in [0.2, 0.25) is 0 Å². The van der Waals surface area contributed by atoms with Crippen LogP contribution >= 0.6 is 0 Å². The van der Waals surface area contributed by atoms with Crippen molar-refractivity contribution in [1.82, 2.24) is 19.3 Å². The summed E-state index contributed by atoms with van der Waals surface area (Å²) in [5, 5.41) is 14.4. The molecular formula is C15H16N4O2. The van der Waals surface area contributed by atoms with Crippen LogP contribution in [0, 0.1) is 6.92 Å². The molecule has 1 N–H and O–H groups in total. The number of aryl methyl sites for hydroxylation is 3. The molecule has 3 rings (SSSR count). The number of pyridine rings is 1. The van der Waals surface area contributed by atoms with Gasteiger partial charge in [0.1, 0.15) is 11.3 Å². The minimum atomic E-state index is -0.952. The lowest BCUT2D eigenvalue weighted by molar-refractivity contribution is 0.0687. The number of aromatic nitrogens is 4. The zero-order chi connectivity index (χ0) is 15.1. The highest BCUT2D eigenvalue weighted by atomic mass is 16.4. The number of fused-ring (bicyclic) bond motifs is 1. The van der Waals surface area contributed by atoms with Gasteiger partial charge in [0.25, 0.3) is 0 Å². The van der Waals surface area contributed by atoms with Crippen molar-refractivity contribution in [2.75, 3.05) is 0 Å². The van der Waals surface area contributed by atoms with Gasteiger partial charge in [-0.3, -0.25) is 4.68 Å². The molecule has 0 saturated heterocycles. The van der Waals surface area contributed by atoms with Gasteiger partial charge in [-0.1, -0.05) is 0 Å². The van der Waals surface area contributed by atoms with Crippen LogP contribution in [0.15, 0.2) is 24.4 Å². The third-order valence-corrected chi connectivity index (χ3v) is 3.58. The standard InChI is InChI=1S/C15H16N4O2/c1-4-19-12(5-9(2)17-19)11-6-10-7-13(15(20)21)18(3)14(10)16-8-11/h5-8H,4H2,1-3H3,(H,20,21). The van der Waals surface area contributed by atoms with Crippen LogP contribution < -0.4 is 0 Å². The van der Waals surface area contributed by atoms with E-state index >= 15 is 0 Å². The van der Waals surface area contributed by atoms with Crippen LogP contribution in [0.4, 0.5) is 0 Å². The highest BCUT2D eigenvalue weighted by Crippen LogP contribution is 2.25. The van der Waals surface area contributed by atoms with Gasteiger partial charge in [0.15, 0.2) is 0 Å². The Balaban J connectivity index is 2.19. The van der Waals surface area contributed by atoms with E-state index in [1.165, 1.54) is 0 Å². The lowest BCUT2D eigenvalue weighted by atomic mass is 10.1. The third-order valence-electron chi connectivity index (χ3n) is 3.58. The van der Waals surface area contributed by atoms with E-state index in [1.54, 1.807) is 23.9 Å². The Morgan fingerprint density at radius 1 is 1.33 bits per heavy atom. The summed E-state index contributed by atoms with van der Waals surface area (Å²) < 4.78 is 3.50. The highest BCUT2D eigenvalue weighted by molar-refractivity contribution is 5.94. The average Bonchev–Trinajstić information content (AvgIpc) is 2.99. The Kier molecular flexibility index (Phi) is 3.01. The summed E-state index contributed by atoms with van der Waals surface area (Å²) in [4.78, 5) is 15.6. The van der Waals surface area contributed by atoms with Gasteiger partial charge in [0, 0.05) is 30.7 Å². The van der Waals surface area contributed by atoms with E-state index in [0.717, 1.165) is 28.9 Å². The number of rotatable bonds is 3. The minimum absolute atomic E-state index is 0.231. The van der Waals surface area contributed by atoms with Crippen LogP contribution in [0.3, 0.4) is 0 Å². The molecule has 6 heteroatoms. The summed E-state index contributed by atoms with van der Waals surface area (Å²) in [6.45, 7) is 4.76. The fourth-order valence-electron chi connectivity index (χ4n) is 2.58. The summed E-state index contributed by atoms with van der Waals surface area (Å²) in [6.07, 6.45) is 1.76. The molecule has 21 heavy (non-hydrogen) atoms. The molecule has 0 aliphatic carbocycles. The van der Waals surface area contributed by atoms with Gasteiger partial charge in [-0.15, -0.1) is 0 Å². The molecule has 0 fully saturated rings. The first-order valence-electron chi connectivity index (χ1n) is 6.75. The molecule has 0 aliphatic rings. The molecule has 0 aromatic carbocycles. The molecule has 3 heterocycles. The molecular weight excluding hydrogens is 268 g/mol. The summed E-state index contributed by atoms with van der Waals surface area (Å²) >= 11 is 0. The first kappa shape index (κ1) is 13.4. The van der Waals surface area contributed by atoms with Crippen molar-refractivity contribution in [2.24, 2.45) is 7.05 Å². The normalized spacial score (nSPS) is 11.2. The van der Waals surface area contributed by atoms with Crippen molar-refractivity contribution in [3.8, 4) is 11.3 Å². The van der Waals surface area contributed by atoms with Gasteiger partial charge < -0.3 is 9.67 Å². The van der Waals surface area contributed by atoms with Crippen LogP contribution in [-0.2, 0) is 13.6 Å². The predicted molar refractivity (Wildman–Crippen MR) is 79.3 cm³/mol. The van der Waals surface area contributed by atoms with E-state index < -0.39 is 5.97 Å². The number of hydrogen-bond acceptors (Lipinski definition) is 3. The number of nitrogens with zero attached hydrogens (tertiary/aromatic N) is 4. The Hall–Kier alpha value is -2.63. The molecule has 0 aliphatic heterocycles. The van der Waals surface area contributed by atoms with Crippen LogP contribution in [-0.4, -0.2) is 30.4 Å². The monoisotopic (exact) mass is 284 g/mol. The zero-order valence-corrected chi connectivity index (χ0v) is 12.2. The van der Waals surface area contributed by atoms with Crippen LogP contribution in [0.5, 0.6) is 0 Å². The second-order valence-electron chi connectivity index (χ2n) is 5.02. The van der Waals surface area contributed by atoms with Crippen molar-refractivity contribution < 1.29 is 9.90 Å². The fourth-order valence-corrected chi connectivity index (χ4v) is 2.58. The average molecular weight is 284 g/mol. The van der Waals surface area contributed by atoms with Gasteiger partial charge in [0.2, 0.25) is 0 Å². The number of carboxylic acids is 1. The molecule has 6 nitrogen and oxygen atoms in total. The summed E-state index contributed by atoms with van der Waals surface area (Å²) in [7, 11) is 1.71. The maximum Gasteiger partial charge on any atom is 0.352 e. The topological polar surface area (TPSA) is 72.9 Å². The zero-order valence-electron chi connectivity index (χ0n) is 12.2. The molecule has 0 bridgehead atoms. The van der Waals surface area contributed by atoms with Crippen molar-refractivity contribution in [2.45, 2.75) is 20.4 Å². The Bertz CT molecular complexity index is 845. The van der Waals surface area contributed by atoms with E-state index in [9.17, 15) is 9.90 Å². The van der Waals surface area contributed by atoms with E-state index in [2.05, 4.69) is 10.1 Å². The van der Waals surface area contributed by atoms with Crippen molar-refractivity contribution in [1.29, 1.82) is 0 Å². The van der Waals surface area contributed by atoms with E-state index in [-0.39, 0.29) is 5.69 Å². The first-order chi connectivity index (χ1) is 10.0. The van der Waals surface area contributed by atoms with E-state index in [0.29, 0.717) is 5.65 Å². The van der Waals surface area contributed by atoms with Gasteiger partial charge in [0.05, 0.1) is 11.4 Å². The summed E-state index contributed by atoms with van der Waals surface area (Å²) in [5.41, 5.74) is 3.77. The van der Waals surface area contributed by atoms with Crippen molar-refractivity contribution in [3.63, 3.8) is 0 Å².